The molecular formula is C17H20BrNO3. The van der Waals surface area contributed by atoms with Gasteiger partial charge in [0.15, 0.2) is 0 Å². The van der Waals surface area contributed by atoms with Crippen molar-refractivity contribution in [1.82, 2.24) is 5.32 Å². The minimum absolute atomic E-state index is 0.271. The fourth-order valence-corrected chi connectivity index (χ4v) is 3.21. The smallest absolute Gasteiger partial charge is 0.331 e. The van der Waals surface area contributed by atoms with Crippen molar-refractivity contribution in [3.8, 4) is 0 Å². The fraction of sp³-hybridized carbons (Fsp3) is 0.412. The Hall–Kier alpha value is -1.62. The quantitative estimate of drug-likeness (QED) is 0.656. The number of amides is 1. The Labute approximate surface area is 139 Å². The van der Waals surface area contributed by atoms with Gasteiger partial charge < -0.3 is 10.1 Å². The van der Waals surface area contributed by atoms with E-state index in [0.717, 1.165) is 29.3 Å². The first-order valence-corrected chi connectivity index (χ1v) is 8.19. The van der Waals surface area contributed by atoms with Crippen molar-refractivity contribution in [2.75, 3.05) is 7.11 Å². The van der Waals surface area contributed by atoms with Crippen molar-refractivity contribution in [3.05, 3.63) is 40.4 Å². The second-order valence-corrected chi connectivity index (χ2v) is 6.43. The number of halogens is 1. The number of hydrogen-bond donors (Lipinski definition) is 1. The Kier molecular flexibility index (Phi) is 5.77. The van der Waals surface area contributed by atoms with Crippen molar-refractivity contribution >= 4 is 33.9 Å². The molecule has 1 aliphatic rings. The second-order valence-electron chi connectivity index (χ2n) is 5.51. The Morgan fingerprint density at radius 2 is 2.00 bits per heavy atom. The first kappa shape index (κ1) is 16.7. The standard InChI is InChI=1S/C17H20BrNO3/c1-22-16(21)17(10-3-2-4-11-17)19-15(20)9-8-13-6-5-7-14(18)12-13/h5-9,12H,2-4,10-11H2,1H3,(H,19,20)/b9-8+. The molecule has 1 aliphatic carbocycles. The van der Waals surface area contributed by atoms with E-state index in [0.29, 0.717) is 12.8 Å². The van der Waals surface area contributed by atoms with Crippen LogP contribution >= 0.6 is 15.9 Å². The van der Waals surface area contributed by atoms with Crippen LogP contribution < -0.4 is 5.32 Å². The maximum atomic E-state index is 12.2. The largest absolute Gasteiger partial charge is 0.467 e. The van der Waals surface area contributed by atoms with E-state index in [4.69, 9.17) is 4.74 Å². The van der Waals surface area contributed by atoms with Crippen molar-refractivity contribution in [1.29, 1.82) is 0 Å². The molecule has 0 atom stereocenters. The van der Waals surface area contributed by atoms with Crippen LogP contribution in [-0.2, 0) is 14.3 Å². The van der Waals surface area contributed by atoms with Gasteiger partial charge >= 0.3 is 5.97 Å². The Morgan fingerprint density at radius 1 is 1.27 bits per heavy atom. The van der Waals surface area contributed by atoms with Crippen LogP contribution in [0.1, 0.15) is 37.7 Å². The lowest BCUT2D eigenvalue weighted by Crippen LogP contribution is -2.55. The average Bonchev–Trinajstić information content (AvgIpc) is 2.53. The molecule has 5 heteroatoms. The van der Waals surface area contributed by atoms with Crippen LogP contribution in [0.2, 0.25) is 0 Å². The third-order valence-electron chi connectivity index (χ3n) is 3.92. The predicted octanol–water partition coefficient (Wildman–Crippen LogP) is 3.45. The van der Waals surface area contributed by atoms with E-state index < -0.39 is 5.54 Å². The topological polar surface area (TPSA) is 55.4 Å². The molecule has 0 aromatic heterocycles. The molecule has 0 unspecified atom stereocenters. The maximum absolute atomic E-state index is 12.2. The Morgan fingerprint density at radius 3 is 2.64 bits per heavy atom. The van der Waals surface area contributed by atoms with Gasteiger partial charge in [-0.1, -0.05) is 47.3 Å². The molecule has 0 spiro atoms. The summed E-state index contributed by atoms with van der Waals surface area (Å²) in [6.07, 6.45) is 7.39. The molecule has 1 N–H and O–H groups in total. The molecule has 1 aromatic rings. The van der Waals surface area contributed by atoms with E-state index in [1.807, 2.05) is 24.3 Å². The highest BCUT2D eigenvalue weighted by Crippen LogP contribution is 2.29. The van der Waals surface area contributed by atoms with E-state index in [1.54, 1.807) is 6.08 Å². The first-order chi connectivity index (χ1) is 10.6. The van der Waals surface area contributed by atoms with Crippen molar-refractivity contribution in [2.45, 2.75) is 37.6 Å². The van der Waals surface area contributed by atoms with Crippen molar-refractivity contribution in [2.24, 2.45) is 0 Å². The highest BCUT2D eigenvalue weighted by atomic mass is 79.9. The lowest BCUT2D eigenvalue weighted by Gasteiger charge is -2.34. The normalized spacial score (nSPS) is 17.2. The van der Waals surface area contributed by atoms with Crippen LogP contribution in [0.15, 0.2) is 34.8 Å². The summed E-state index contributed by atoms with van der Waals surface area (Å²) in [7, 11) is 1.36. The van der Waals surface area contributed by atoms with Gasteiger partial charge in [-0.25, -0.2) is 4.79 Å². The highest BCUT2D eigenvalue weighted by molar-refractivity contribution is 9.10. The Bertz CT molecular complexity index is 577. The number of carbonyl (C=O) groups excluding carboxylic acids is 2. The summed E-state index contributed by atoms with van der Waals surface area (Å²) in [5, 5.41) is 2.86. The summed E-state index contributed by atoms with van der Waals surface area (Å²) in [5.41, 5.74) is 0.0476. The van der Waals surface area contributed by atoms with E-state index in [1.165, 1.54) is 13.2 Å². The van der Waals surface area contributed by atoms with E-state index in [9.17, 15) is 9.59 Å². The Balaban J connectivity index is 2.06. The molecule has 1 fully saturated rings. The van der Waals surface area contributed by atoms with Gasteiger partial charge in [0.05, 0.1) is 7.11 Å². The second kappa shape index (κ2) is 7.58. The molecular weight excluding hydrogens is 346 g/mol. The highest BCUT2D eigenvalue weighted by Gasteiger charge is 2.41. The minimum atomic E-state index is -0.869. The van der Waals surface area contributed by atoms with E-state index in [2.05, 4.69) is 21.2 Å². The number of benzene rings is 1. The van der Waals surface area contributed by atoms with Crippen LogP contribution in [0, 0.1) is 0 Å². The molecule has 1 saturated carbocycles. The molecule has 118 valence electrons. The number of hydrogen-bond acceptors (Lipinski definition) is 3. The third kappa shape index (κ3) is 4.19. The van der Waals surface area contributed by atoms with Gasteiger partial charge in [0.25, 0.3) is 0 Å². The molecule has 4 nitrogen and oxygen atoms in total. The summed E-state index contributed by atoms with van der Waals surface area (Å²) < 4.78 is 5.84. The van der Waals surface area contributed by atoms with Crippen molar-refractivity contribution < 1.29 is 14.3 Å². The predicted molar refractivity (Wildman–Crippen MR) is 89.2 cm³/mol. The molecule has 1 aromatic carbocycles. The zero-order valence-corrected chi connectivity index (χ0v) is 14.2. The number of esters is 1. The number of carbonyl (C=O) groups is 2. The van der Waals surface area contributed by atoms with Crippen LogP contribution in [-0.4, -0.2) is 24.5 Å². The zero-order chi connectivity index (χ0) is 16.0. The average molecular weight is 366 g/mol. The van der Waals surface area contributed by atoms with E-state index >= 15 is 0 Å². The summed E-state index contributed by atoms with van der Waals surface area (Å²) >= 11 is 3.39. The molecule has 0 radical (unpaired) electrons. The first-order valence-electron chi connectivity index (χ1n) is 7.40. The lowest BCUT2D eigenvalue weighted by molar-refractivity contribution is -0.152. The molecule has 0 heterocycles. The van der Waals surface area contributed by atoms with Gasteiger partial charge in [-0.05, 0) is 36.6 Å². The molecule has 0 saturated heterocycles. The zero-order valence-electron chi connectivity index (χ0n) is 12.6. The maximum Gasteiger partial charge on any atom is 0.331 e. The van der Waals surface area contributed by atoms with Gasteiger partial charge in [-0.3, -0.25) is 4.79 Å². The minimum Gasteiger partial charge on any atom is -0.467 e. The van der Waals surface area contributed by atoms with Gasteiger partial charge in [0, 0.05) is 10.5 Å². The lowest BCUT2D eigenvalue weighted by atomic mass is 9.81. The van der Waals surface area contributed by atoms with Crippen LogP contribution in [0.25, 0.3) is 6.08 Å². The van der Waals surface area contributed by atoms with Crippen LogP contribution in [0.3, 0.4) is 0 Å². The van der Waals surface area contributed by atoms with Crippen molar-refractivity contribution in [3.63, 3.8) is 0 Å². The number of methoxy groups -OCH3 is 1. The monoisotopic (exact) mass is 365 g/mol. The molecule has 2 rings (SSSR count). The summed E-state index contributed by atoms with van der Waals surface area (Å²) in [5.74, 6) is -0.622. The van der Waals surface area contributed by atoms with Gasteiger partial charge in [-0.2, -0.15) is 0 Å². The van der Waals surface area contributed by atoms with Crippen LogP contribution in [0.4, 0.5) is 0 Å². The molecule has 1 amide bonds. The molecule has 0 bridgehead atoms. The molecule has 22 heavy (non-hydrogen) atoms. The summed E-state index contributed by atoms with van der Waals surface area (Å²) in [6.45, 7) is 0. The number of rotatable bonds is 4. The van der Waals surface area contributed by atoms with E-state index in [-0.39, 0.29) is 11.9 Å². The fourth-order valence-electron chi connectivity index (χ4n) is 2.79. The third-order valence-corrected chi connectivity index (χ3v) is 4.41. The summed E-state index contributed by atoms with van der Waals surface area (Å²) in [6, 6.07) is 7.65. The van der Waals surface area contributed by atoms with Crippen LogP contribution in [0.5, 0.6) is 0 Å². The summed E-state index contributed by atoms with van der Waals surface area (Å²) in [4.78, 5) is 24.3. The number of ether oxygens (including phenoxy) is 1. The van der Waals surface area contributed by atoms with Gasteiger partial charge in [-0.15, -0.1) is 0 Å². The molecule has 0 aliphatic heterocycles. The van der Waals surface area contributed by atoms with Gasteiger partial charge in [0.2, 0.25) is 5.91 Å². The van der Waals surface area contributed by atoms with Gasteiger partial charge in [0.1, 0.15) is 5.54 Å². The number of nitrogens with one attached hydrogen (secondary N) is 1. The SMILES string of the molecule is COC(=O)C1(NC(=O)/C=C/c2cccc(Br)c2)CCCCC1.